The zero-order valence-corrected chi connectivity index (χ0v) is 14.3. The van der Waals surface area contributed by atoms with Crippen molar-refractivity contribution in [3.63, 3.8) is 0 Å². The number of piperidine rings is 1. The molecule has 0 spiro atoms. The summed E-state index contributed by atoms with van der Waals surface area (Å²) in [7, 11) is 0. The van der Waals surface area contributed by atoms with Crippen LogP contribution in [-0.2, 0) is 9.59 Å². The van der Waals surface area contributed by atoms with Gasteiger partial charge in [-0.05, 0) is 38.5 Å². The highest BCUT2D eigenvalue weighted by Crippen LogP contribution is 2.25. The van der Waals surface area contributed by atoms with Crippen molar-refractivity contribution in [2.75, 3.05) is 19.6 Å². The molecule has 2 aliphatic rings. The summed E-state index contributed by atoms with van der Waals surface area (Å²) < 4.78 is 0. The number of nitrogens with one attached hydrogen (secondary N) is 1. The monoisotopic (exact) mass is 324 g/mol. The van der Waals surface area contributed by atoms with Crippen molar-refractivity contribution in [1.29, 1.82) is 0 Å². The van der Waals surface area contributed by atoms with Crippen molar-refractivity contribution >= 4 is 17.8 Å². The first kappa shape index (κ1) is 17.7. The molecule has 0 saturated carbocycles. The van der Waals surface area contributed by atoms with Crippen LogP contribution in [0.25, 0.3) is 0 Å². The van der Waals surface area contributed by atoms with Gasteiger partial charge in [-0.1, -0.05) is 13.8 Å². The van der Waals surface area contributed by atoms with E-state index in [1.54, 1.807) is 4.90 Å². The average Bonchev–Trinajstić information content (AvgIpc) is 2.79. The van der Waals surface area contributed by atoms with Crippen LogP contribution in [0, 0.1) is 5.92 Å². The van der Waals surface area contributed by atoms with Crippen LogP contribution in [0.15, 0.2) is 0 Å². The van der Waals surface area contributed by atoms with E-state index in [1.165, 1.54) is 0 Å². The van der Waals surface area contributed by atoms with E-state index < -0.39 is 11.6 Å². The van der Waals surface area contributed by atoms with Gasteiger partial charge in [-0.2, -0.15) is 0 Å². The van der Waals surface area contributed by atoms with Crippen molar-refractivity contribution in [3.05, 3.63) is 0 Å². The third kappa shape index (κ3) is 3.34. The Kier molecular flexibility index (Phi) is 5.29. The van der Waals surface area contributed by atoms with Gasteiger partial charge in [0.2, 0.25) is 5.91 Å². The number of rotatable bonds is 5. The molecule has 2 fully saturated rings. The largest absolute Gasteiger partial charge is 0.341 e. The Bertz CT molecular complexity index is 488. The van der Waals surface area contributed by atoms with Crippen molar-refractivity contribution in [2.24, 2.45) is 11.7 Å². The summed E-state index contributed by atoms with van der Waals surface area (Å²) in [5.41, 5.74) is 5.09. The maximum atomic E-state index is 12.5. The first-order valence-electron chi connectivity index (χ1n) is 8.52. The number of urea groups is 1. The highest BCUT2D eigenvalue weighted by atomic mass is 16.2. The maximum absolute atomic E-state index is 12.5. The second-order valence-corrected chi connectivity index (χ2v) is 6.71. The number of carbonyl (C=O) groups is 3. The predicted octanol–water partition coefficient (Wildman–Crippen LogP) is 0.683. The van der Waals surface area contributed by atoms with E-state index in [2.05, 4.69) is 5.32 Å². The molecule has 0 radical (unpaired) electrons. The Morgan fingerprint density at radius 3 is 2.57 bits per heavy atom. The molecule has 130 valence electrons. The molecule has 0 aliphatic carbocycles. The number of imide groups is 1. The van der Waals surface area contributed by atoms with Crippen LogP contribution in [0.2, 0.25) is 0 Å². The van der Waals surface area contributed by atoms with Gasteiger partial charge in [-0.3, -0.25) is 14.5 Å². The van der Waals surface area contributed by atoms with E-state index in [0.29, 0.717) is 25.9 Å². The number of nitrogens with two attached hydrogens (primary N) is 1. The van der Waals surface area contributed by atoms with Gasteiger partial charge in [0.05, 0.1) is 0 Å². The number of amides is 4. The lowest BCUT2D eigenvalue weighted by Crippen LogP contribution is -2.50. The molecular weight excluding hydrogens is 296 g/mol. The van der Waals surface area contributed by atoms with Gasteiger partial charge < -0.3 is 16.0 Å². The molecule has 7 nitrogen and oxygen atoms in total. The Hall–Kier alpha value is -1.63. The smallest absolute Gasteiger partial charge is 0.325 e. The Morgan fingerprint density at radius 1 is 1.39 bits per heavy atom. The van der Waals surface area contributed by atoms with Crippen LogP contribution < -0.4 is 11.1 Å². The van der Waals surface area contributed by atoms with Crippen LogP contribution in [0.4, 0.5) is 4.79 Å². The fraction of sp³-hybridized carbons (Fsp3) is 0.812. The quantitative estimate of drug-likeness (QED) is 0.727. The first-order valence-corrected chi connectivity index (χ1v) is 8.52. The van der Waals surface area contributed by atoms with Gasteiger partial charge in [-0.15, -0.1) is 0 Å². The minimum Gasteiger partial charge on any atom is -0.341 e. The summed E-state index contributed by atoms with van der Waals surface area (Å²) in [5, 5.41) is 2.75. The standard InChI is InChI=1S/C16H28N4O3/c1-4-16(5-2)14(22)20(15(23)18-16)10-13(21)19-8-6-7-12(9-19)11(3)17/h11-12H,4-10,17H2,1-3H3,(H,18,23). The van der Waals surface area contributed by atoms with E-state index in [4.69, 9.17) is 5.73 Å². The number of carbonyl (C=O) groups excluding carboxylic acids is 3. The molecule has 2 aliphatic heterocycles. The molecule has 2 saturated heterocycles. The lowest BCUT2D eigenvalue weighted by Gasteiger charge is -2.35. The van der Waals surface area contributed by atoms with Crippen molar-refractivity contribution in [1.82, 2.24) is 15.1 Å². The zero-order valence-electron chi connectivity index (χ0n) is 14.3. The summed E-state index contributed by atoms with van der Waals surface area (Å²) in [6.45, 7) is 6.77. The number of hydrogen-bond acceptors (Lipinski definition) is 4. The molecule has 4 amide bonds. The fourth-order valence-electron chi connectivity index (χ4n) is 3.45. The van der Waals surface area contributed by atoms with E-state index in [0.717, 1.165) is 17.7 Å². The molecule has 2 unspecified atom stereocenters. The van der Waals surface area contributed by atoms with E-state index in [1.807, 2.05) is 20.8 Å². The van der Waals surface area contributed by atoms with Crippen molar-refractivity contribution in [3.8, 4) is 0 Å². The summed E-state index contributed by atoms with van der Waals surface area (Å²) in [5.74, 6) is -0.190. The lowest BCUT2D eigenvalue weighted by atomic mass is 9.92. The second-order valence-electron chi connectivity index (χ2n) is 6.71. The van der Waals surface area contributed by atoms with Crippen LogP contribution in [0.5, 0.6) is 0 Å². The zero-order chi connectivity index (χ0) is 17.2. The first-order chi connectivity index (χ1) is 10.8. The highest BCUT2D eigenvalue weighted by molar-refractivity contribution is 6.08. The minimum atomic E-state index is -0.854. The SMILES string of the molecule is CCC1(CC)NC(=O)N(CC(=O)N2CCCC(C(C)N)C2)C1=O. The molecule has 0 aromatic carbocycles. The van der Waals surface area contributed by atoms with E-state index >= 15 is 0 Å². The topological polar surface area (TPSA) is 95.7 Å². The summed E-state index contributed by atoms with van der Waals surface area (Å²) in [6.07, 6.45) is 2.97. The second kappa shape index (κ2) is 6.86. The lowest BCUT2D eigenvalue weighted by molar-refractivity contribution is -0.140. The van der Waals surface area contributed by atoms with Crippen LogP contribution >= 0.6 is 0 Å². The molecule has 3 N–H and O–H groups in total. The van der Waals surface area contributed by atoms with Crippen LogP contribution in [0.3, 0.4) is 0 Å². The van der Waals surface area contributed by atoms with Crippen LogP contribution in [0.1, 0.15) is 46.5 Å². The number of likely N-dealkylation sites (tertiary alicyclic amines) is 1. The third-order valence-corrected chi connectivity index (χ3v) is 5.30. The average molecular weight is 324 g/mol. The Balaban J connectivity index is 2.03. The van der Waals surface area contributed by atoms with Crippen molar-refractivity contribution in [2.45, 2.75) is 58.0 Å². The van der Waals surface area contributed by atoms with Gasteiger partial charge in [-0.25, -0.2) is 4.79 Å². The third-order valence-electron chi connectivity index (χ3n) is 5.30. The minimum absolute atomic E-state index is 0.0372. The van der Waals surface area contributed by atoms with Gasteiger partial charge in [0, 0.05) is 19.1 Å². The fourth-order valence-corrected chi connectivity index (χ4v) is 3.45. The van der Waals surface area contributed by atoms with Gasteiger partial charge in [0.25, 0.3) is 5.91 Å². The Labute approximate surface area is 137 Å². The van der Waals surface area contributed by atoms with Gasteiger partial charge in [0.15, 0.2) is 0 Å². The molecule has 2 heterocycles. The summed E-state index contributed by atoms with van der Waals surface area (Å²) in [6, 6.07) is -0.428. The summed E-state index contributed by atoms with van der Waals surface area (Å²) in [4.78, 5) is 40.0. The highest BCUT2D eigenvalue weighted by Gasteiger charge is 2.49. The molecule has 7 heteroatoms. The number of hydrogen-bond donors (Lipinski definition) is 2. The molecular formula is C16H28N4O3. The molecule has 0 aromatic rings. The molecule has 2 rings (SSSR count). The maximum Gasteiger partial charge on any atom is 0.325 e. The molecule has 0 bridgehead atoms. The van der Waals surface area contributed by atoms with Crippen molar-refractivity contribution < 1.29 is 14.4 Å². The van der Waals surface area contributed by atoms with Gasteiger partial charge in [0.1, 0.15) is 12.1 Å². The predicted molar refractivity (Wildman–Crippen MR) is 86.5 cm³/mol. The van der Waals surface area contributed by atoms with Gasteiger partial charge >= 0.3 is 6.03 Å². The normalized spacial score (nSPS) is 25.5. The van der Waals surface area contributed by atoms with E-state index in [-0.39, 0.29) is 30.3 Å². The van der Waals surface area contributed by atoms with Crippen LogP contribution in [-0.4, -0.2) is 58.9 Å². The Morgan fingerprint density at radius 2 is 2.04 bits per heavy atom. The summed E-state index contributed by atoms with van der Waals surface area (Å²) >= 11 is 0. The number of nitrogens with zero attached hydrogens (tertiary/aromatic N) is 2. The molecule has 2 atom stereocenters. The molecule has 23 heavy (non-hydrogen) atoms. The molecule has 0 aromatic heterocycles. The van der Waals surface area contributed by atoms with E-state index in [9.17, 15) is 14.4 Å².